The van der Waals surface area contributed by atoms with Crippen molar-refractivity contribution in [3.8, 4) is 0 Å². The average molecular weight is 273 g/mol. The number of carboxylic acids is 1. The van der Waals surface area contributed by atoms with Crippen LogP contribution in [0.5, 0.6) is 0 Å². The molecule has 2 rings (SSSR count). The fraction of sp³-hybridized carbons (Fsp3) is 0.188. The van der Waals surface area contributed by atoms with E-state index >= 15 is 0 Å². The number of nitrogens with one attached hydrogen (secondary N) is 1. The quantitative estimate of drug-likeness (QED) is 0.875. The molecule has 2 N–H and O–H groups in total. The molecular formula is C16H16FNO2. The molecule has 2 aromatic carbocycles. The maximum Gasteiger partial charge on any atom is 0.337 e. The number of hydrogen-bond acceptors (Lipinski definition) is 2. The van der Waals surface area contributed by atoms with Gasteiger partial charge >= 0.3 is 5.97 Å². The van der Waals surface area contributed by atoms with Gasteiger partial charge in [0.2, 0.25) is 0 Å². The van der Waals surface area contributed by atoms with Crippen LogP contribution in [0.15, 0.2) is 48.5 Å². The van der Waals surface area contributed by atoms with Gasteiger partial charge in [-0.05, 0) is 31.0 Å². The topological polar surface area (TPSA) is 49.3 Å². The number of carboxylic acid groups (broad SMARTS) is 1. The highest BCUT2D eigenvalue weighted by molar-refractivity contribution is 5.94. The van der Waals surface area contributed by atoms with Gasteiger partial charge in [-0.15, -0.1) is 0 Å². The van der Waals surface area contributed by atoms with E-state index in [2.05, 4.69) is 5.32 Å². The summed E-state index contributed by atoms with van der Waals surface area (Å²) in [5.74, 6) is -1.69. The average Bonchev–Trinajstić information content (AvgIpc) is 2.42. The molecule has 4 heteroatoms. The molecule has 2 aromatic rings. The molecule has 1 unspecified atom stereocenters. The van der Waals surface area contributed by atoms with E-state index in [-0.39, 0.29) is 17.3 Å². The van der Waals surface area contributed by atoms with Crippen molar-refractivity contribution in [1.29, 1.82) is 0 Å². The summed E-state index contributed by atoms with van der Waals surface area (Å²) >= 11 is 0. The summed E-state index contributed by atoms with van der Waals surface area (Å²) in [5, 5.41) is 12.0. The van der Waals surface area contributed by atoms with Crippen LogP contribution in [0.1, 0.15) is 22.8 Å². The largest absolute Gasteiger partial charge is 0.478 e. The van der Waals surface area contributed by atoms with Crippen LogP contribution in [0.3, 0.4) is 0 Å². The number of benzene rings is 2. The van der Waals surface area contributed by atoms with E-state index in [1.165, 1.54) is 18.2 Å². The zero-order valence-electron chi connectivity index (χ0n) is 11.1. The first-order chi connectivity index (χ1) is 9.58. The third-order valence-corrected chi connectivity index (χ3v) is 3.02. The van der Waals surface area contributed by atoms with Gasteiger partial charge in [0.25, 0.3) is 0 Å². The van der Waals surface area contributed by atoms with Gasteiger partial charge in [-0.1, -0.05) is 36.4 Å². The maximum absolute atomic E-state index is 13.8. The van der Waals surface area contributed by atoms with Crippen LogP contribution in [-0.4, -0.2) is 17.1 Å². The molecule has 1 atom stereocenters. The molecule has 0 saturated heterocycles. The van der Waals surface area contributed by atoms with Crippen molar-refractivity contribution in [2.75, 3.05) is 5.32 Å². The van der Waals surface area contributed by atoms with Gasteiger partial charge in [0, 0.05) is 6.04 Å². The lowest BCUT2D eigenvalue weighted by Gasteiger charge is -2.17. The summed E-state index contributed by atoms with van der Waals surface area (Å²) in [6.07, 6.45) is 0.689. The van der Waals surface area contributed by atoms with E-state index in [1.807, 2.05) is 37.3 Å². The highest BCUT2D eigenvalue weighted by Gasteiger charge is 2.16. The van der Waals surface area contributed by atoms with Crippen molar-refractivity contribution >= 4 is 11.7 Å². The Morgan fingerprint density at radius 2 is 1.90 bits per heavy atom. The monoisotopic (exact) mass is 273 g/mol. The molecule has 0 aromatic heterocycles. The number of para-hydroxylation sites is 1. The molecule has 0 amide bonds. The van der Waals surface area contributed by atoms with Crippen molar-refractivity contribution in [3.05, 3.63) is 65.5 Å². The van der Waals surface area contributed by atoms with Crippen molar-refractivity contribution in [1.82, 2.24) is 0 Å². The first kappa shape index (κ1) is 14.1. The van der Waals surface area contributed by atoms with Gasteiger partial charge in [-0.25, -0.2) is 9.18 Å². The fourth-order valence-corrected chi connectivity index (χ4v) is 2.11. The summed E-state index contributed by atoms with van der Waals surface area (Å²) in [5.41, 5.74) is 1.11. The van der Waals surface area contributed by atoms with E-state index in [1.54, 1.807) is 0 Å². The second-order valence-electron chi connectivity index (χ2n) is 4.70. The molecule has 104 valence electrons. The number of rotatable bonds is 5. The Morgan fingerprint density at radius 1 is 1.20 bits per heavy atom. The minimum atomic E-state index is -1.14. The minimum absolute atomic E-state index is 0.0448. The van der Waals surface area contributed by atoms with Crippen LogP contribution >= 0.6 is 0 Å². The molecule has 0 aliphatic carbocycles. The number of aromatic carboxylic acids is 1. The number of anilines is 1. The fourth-order valence-electron chi connectivity index (χ4n) is 2.11. The van der Waals surface area contributed by atoms with Gasteiger partial charge in [0.1, 0.15) is 5.82 Å². The molecular weight excluding hydrogens is 257 g/mol. The molecule has 0 spiro atoms. The molecule has 20 heavy (non-hydrogen) atoms. The van der Waals surface area contributed by atoms with E-state index < -0.39 is 11.8 Å². The molecule has 0 aliphatic rings. The molecule has 0 fully saturated rings. The van der Waals surface area contributed by atoms with E-state index in [0.717, 1.165) is 5.56 Å². The summed E-state index contributed by atoms with van der Waals surface area (Å²) < 4.78 is 13.8. The Bertz CT molecular complexity index is 599. The molecule has 0 heterocycles. The van der Waals surface area contributed by atoms with Crippen molar-refractivity contribution < 1.29 is 14.3 Å². The number of carbonyl (C=O) groups is 1. The van der Waals surface area contributed by atoms with Crippen LogP contribution in [0.25, 0.3) is 0 Å². The highest BCUT2D eigenvalue weighted by Crippen LogP contribution is 2.21. The molecule has 3 nitrogen and oxygen atoms in total. The second-order valence-corrected chi connectivity index (χ2v) is 4.70. The Labute approximate surface area is 117 Å². The van der Waals surface area contributed by atoms with Gasteiger partial charge in [-0.3, -0.25) is 0 Å². The second kappa shape index (κ2) is 6.19. The lowest BCUT2D eigenvalue weighted by Crippen LogP contribution is -2.21. The first-order valence-electron chi connectivity index (χ1n) is 6.40. The van der Waals surface area contributed by atoms with Gasteiger partial charge in [0.15, 0.2) is 0 Å². The molecule has 0 radical (unpaired) electrons. The molecule has 0 aliphatic heterocycles. The van der Waals surface area contributed by atoms with Crippen LogP contribution in [0, 0.1) is 5.82 Å². The maximum atomic E-state index is 13.8. The summed E-state index contributed by atoms with van der Waals surface area (Å²) in [6.45, 7) is 1.89. The third-order valence-electron chi connectivity index (χ3n) is 3.02. The van der Waals surface area contributed by atoms with Crippen LogP contribution in [0.4, 0.5) is 10.1 Å². The number of halogens is 1. The predicted octanol–water partition coefficient (Wildman–Crippen LogP) is 3.57. The Morgan fingerprint density at radius 3 is 2.55 bits per heavy atom. The zero-order valence-corrected chi connectivity index (χ0v) is 11.1. The molecule has 0 saturated carbocycles. The predicted molar refractivity (Wildman–Crippen MR) is 76.6 cm³/mol. The third kappa shape index (κ3) is 3.35. The first-order valence-corrected chi connectivity index (χ1v) is 6.40. The van der Waals surface area contributed by atoms with Gasteiger partial charge in [-0.2, -0.15) is 0 Å². The Hall–Kier alpha value is -2.36. The van der Waals surface area contributed by atoms with E-state index in [0.29, 0.717) is 6.42 Å². The minimum Gasteiger partial charge on any atom is -0.478 e. The SMILES string of the molecule is CC(Cc1ccccc1)Nc1c(F)cccc1C(=O)O. The highest BCUT2D eigenvalue weighted by atomic mass is 19.1. The summed E-state index contributed by atoms with van der Waals surface area (Å²) in [4.78, 5) is 11.1. The molecule has 0 bridgehead atoms. The lowest BCUT2D eigenvalue weighted by atomic mass is 10.1. The lowest BCUT2D eigenvalue weighted by molar-refractivity contribution is 0.0697. The number of hydrogen-bond donors (Lipinski definition) is 2. The van der Waals surface area contributed by atoms with Gasteiger partial charge in [0.05, 0.1) is 11.3 Å². The van der Waals surface area contributed by atoms with E-state index in [4.69, 9.17) is 5.11 Å². The standard InChI is InChI=1S/C16H16FNO2/c1-11(10-12-6-3-2-4-7-12)18-15-13(16(19)20)8-5-9-14(15)17/h2-9,11,18H,10H2,1H3,(H,19,20). The normalized spacial score (nSPS) is 11.9. The van der Waals surface area contributed by atoms with Crippen LogP contribution < -0.4 is 5.32 Å². The Balaban J connectivity index is 2.15. The van der Waals surface area contributed by atoms with Crippen LogP contribution in [-0.2, 0) is 6.42 Å². The summed E-state index contributed by atoms with van der Waals surface area (Å²) in [7, 11) is 0. The van der Waals surface area contributed by atoms with Crippen molar-refractivity contribution in [2.45, 2.75) is 19.4 Å². The zero-order chi connectivity index (χ0) is 14.5. The Kier molecular flexibility index (Phi) is 4.35. The summed E-state index contributed by atoms with van der Waals surface area (Å²) in [6, 6.07) is 13.7. The van der Waals surface area contributed by atoms with Crippen molar-refractivity contribution in [2.24, 2.45) is 0 Å². The van der Waals surface area contributed by atoms with Gasteiger partial charge < -0.3 is 10.4 Å². The smallest absolute Gasteiger partial charge is 0.337 e. The van der Waals surface area contributed by atoms with E-state index in [9.17, 15) is 9.18 Å². The van der Waals surface area contributed by atoms with Crippen molar-refractivity contribution in [3.63, 3.8) is 0 Å². The van der Waals surface area contributed by atoms with Crippen LogP contribution in [0.2, 0.25) is 0 Å².